The second kappa shape index (κ2) is 8.32. The van der Waals surface area contributed by atoms with Gasteiger partial charge in [0.15, 0.2) is 11.5 Å². The number of benzene rings is 3. The van der Waals surface area contributed by atoms with Crippen LogP contribution in [0.1, 0.15) is 5.56 Å². The van der Waals surface area contributed by atoms with E-state index in [1.165, 1.54) is 5.69 Å². The predicted octanol–water partition coefficient (Wildman–Crippen LogP) is 4.27. The summed E-state index contributed by atoms with van der Waals surface area (Å²) < 4.78 is 5.47. The number of hydrogen-bond acceptors (Lipinski definition) is 5. The Balaban J connectivity index is 1.37. The number of piperazine rings is 1. The van der Waals surface area contributed by atoms with E-state index in [0.717, 1.165) is 54.2 Å². The van der Waals surface area contributed by atoms with Gasteiger partial charge in [0.05, 0.1) is 18.1 Å². The SMILES string of the molecule is COc1cc(-c2nc3ccccc3[nH]2)cc(CN2CCN(c3ccccc3)CC2)c1O. The molecule has 0 aliphatic carbocycles. The molecule has 4 aromatic rings. The lowest BCUT2D eigenvalue weighted by Crippen LogP contribution is -2.45. The van der Waals surface area contributed by atoms with Crippen LogP contribution in [0.5, 0.6) is 11.5 Å². The van der Waals surface area contributed by atoms with Crippen molar-refractivity contribution in [3.05, 3.63) is 72.3 Å². The van der Waals surface area contributed by atoms with Gasteiger partial charge in [0.1, 0.15) is 5.82 Å². The van der Waals surface area contributed by atoms with Crippen molar-refractivity contribution in [3.8, 4) is 22.9 Å². The van der Waals surface area contributed by atoms with Crippen LogP contribution >= 0.6 is 0 Å². The number of fused-ring (bicyclic) bond motifs is 1. The van der Waals surface area contributed by atoms with Gasteiger partial charge in [-0.05, 0) is 36.4 Å². The molecule has 1 aliphatic rings. The van der Waals surface area contributed by atoms with Gasteiger partial charge in [-0.15, -0.1) is 0 Å². The van der Waals surface area contributed by atoms with Gasteiger partial charge in [-0.2, -0.15) is 0 Å². The molecule has 6 heteroatoms. The minimum atomic E-state index is 0.202. The van der Waals surface area contributed by atoms with Crippen molar-refractivity contribution in [1.82, 2.24) is 14.9 Å². The summed E-state index contributed by atoms with van der Waals surface area (Å²) in [6.45, 7) is 4.46. The van der Waals surface area contributed by atoms with E-state index in [1.807, 2.05) is 42.5 Å². The standard InChI is InChI=1S/C25H26N4O2/c1-31-23-16-18(25-26-21-9-5-6-10-22(21)27-25)15-19(24(23)30)17-28-11-13-29(14-12-28)20-7-3-2-4-8-20/h2-10,15-16,30H,11-14,17H2,1H3,(H,26,27). The predicted molar refractivity (Wildman–Crippen MR) is 124 cm³/mol. The van der Waals surface area contributed by atoms with Crippen LogP contribution in [-0.2, 0) is 6.54 Å². The number of hydrogen-bond donors (Lipinski definition) is 2. The number of aromatic amines is 1. The number of aromatic nitrogens is 2. The fourth-order valence-electron chi connectivity index (χ4n) is 4.21. The van der Waals surface area contributed by atoms with Crippen molar-refractivity contribution in [3.63, 3.8) is 0 Å². The van der Waals surface area contributed by atoms with Crippen molar-refractivity contribution >= 4 is 16.7 Å². The highest BCUT2D eigenvalue weighted by Crippen LogP contribution is 2.36. The molecule has 1 aliphatic heterocycles. The number of imidazole rings is 1. The molecule has 1 aromatic heterocycles. The summed E-state index contributed by atoms with van der Waals surface area (Å²) in [5.41, 5.74) is 4.93. The topological polar surface area (TPSA) is 64.6 Å². The summed E-state index contributed by atoms with van der Waals surface area (Å²) in [6, 6.07) is 22.3. The first kappa shape index (κ1) is 19.5. The zero-order valence-electron chi connectivity index (χ0n) is 17.6. The molecule has 2 N–H and O–H groups in total. The number of nitrogens with zero attached hydrogens (tertiary/aromatic N) is 3. The molecule has 0 atom stereocenters. The van der Waals surface area contributed by atoms with Crippen LogP contribution in [-0.4, -0.2) is 53.3 Å². The molecular formula is C25H26N4O2. The van der Waals surface area contributed by atoms with Gasteiger partial charge < -0.3 is 19.7 Å². The lowest BCUT2D eigenvalue weighted by atomic mass is 10.1. The molecule has 0 unspecified atom stereocenters. The summed E-state index contributed by atoms with van der Waals surface area (Å²) in [5, 5.41) is 10.8. The van der Waals surface area contributed by atoms with Gasteiger partial charge >= 0.3 is 0 Å². The lowest BCUT2D eigenvalue weighted by molar-refractivity contribution is 0.245. The Labute approximate surface area is 181 Å². The van der Waals surface area contributed by atoms with Gasteiger partial charge in [-0.3, -0.25) is 4.90 Å². The third-order valence-electron chi connectivity index (χ3n) is 5.92. The maximum Gasteiger partial charge on any atom is 0.162 e. The summed E-state index contributed by atoms with van der Waals surface area (Å²) in [6.07, 6.45) is 0. The Kier molecular flexibility index (Phi) is 5.22. The Hall–Kier alpha value is -3.51. The van der Waals surface area contributed by atoms with Crippen LogP contribution in [0, 0.1) is 0 Å². The maximum atomic E-state index is 10.8. The molecule has 5 rings (SSSR count). The second-order valence-electron chi connectivity index (χ2n) is 7.89. The molecule has 0 amide bonds. The molecular weight excluding hydrogens is 388 g/mol. The molecule has 158 valence electrons. The normalized spacial score (nSPS) is 14.8. The lowest BCUT2D eigenvalue weighted by Gasteiger charge is -2.36. The van der Waals surface area contributed by atoms with E-state index < -0.39 is 0 Å². The van der Waals surface area contributed by atoms with Crippen LogP contribution in [0.15, 0.2) is 66.7 Å². The van der Waals surface area contributed by atoms with E-state index in [2.05, 4.69) is 39.0 Å². The molecule has 0 spiro atoms. The first-order valence-corrected chi connectivity index (χ1v) is 10.6. The van der Waals surface area contributed by atoms with E-state index in [4.69, 9.17) is 9.72 Å². The zero-order valence-corrected chi connectivity index (χ0v) is 17.6. The van der Waals surface area contributed by atoms with Crippen LogP contribution in [0.3, 0.4) is 0 Å². The number of methoxy groups -OCH3 is 1. The number of anilines is 1. The number of phenols is 1. The Morgan fingerprint density at radius 1 is 0.968 bits per heavy atom. The van der Waals surface area contributed by atoms with Crippen LogP contribution in [0.25, 0.3) is 22.4 Å². The molecule has 3 aromatic carbocycles. The number of phenolic OH excluding ortho intramolecular Hbond substituents is 1. The smallest absolute Gasteiger partial charge is 0.162 e. The minimum absolute atomic E-state index is 0.202. The number of rotatable bonds is 5. The fourth-order valence-corrected chi connectivity index (χ4v) is 4.21. The van der Waals surface area contributed by atoms with Gasteiger partial charge in [0.25, 0.3) is 0 Å². The highest BCUT2D eigenvalue weighted by atomic mass is 16.5. The fraction of sp³-hybridized carbons (Fsp3) is 0.240. The van der Waals surface area contributed by atoms with Gasteiger partial charge in [-0.25, -0.2) is 4.98 Å². The average Bonchev–Trinajstić information content (AvgIpc) is 3.26. The first-order chi connectivity index (χ1) is 15.2. The van der Waals surface area contributed by atoms with Gasteiger partial charge in [0, 0.05) is 49.5 Å². The Morgan fingerprint density at radius 2 is 1.71 bits per heavy atom. The molecule has 1 fully saturated rings. The van der Waals surface area contributed by atoms with E-state index in [-0.39, 0.29) is 5.75 Å². The largest absolute Gasteiger partial charge is 0.504 e. The summed E-state index contributed by atoms with van der Waals surface area (Å²) in [5.74, 6) is 1.44. The average molecular weight is 415 g/mol. The number of ether oxygens (including phenoxy) is 1. The highest BCUT2D eigenvalue weighted by Gasteiger charge is 2.20. The highest BCUT2D eigenvalue weighted by molar-refractivity contribution is 5.80. The quantitative estimate of drug-likeness (QED) is 0.511. The molecule has 0 bridgehead atoms. The Morgan fingerprint density at radius 3 is 2.45 bits per heavy atom. The van der Waals surface area contributed by atoms with Crippen molar-refractivity contribution in [2.45, 2.75) is 6.54 Å². The van der Waals surface area contributed by atoms with Gasteiger partial charge in [-0.1, -0.05) is 30.3 Å². The minimum Gasteiger partial charge on any atom is -0.504 e. The van der Waals surface area contributed by atoms with Crippen LogP contribution in [0.4, 0.5) is 5.69 Å². The number of H-pyrrole nitrogens is 1. The second-order valence-corrected chi connectivity index (χ2v) is 7.89. The molecule has 2 heterocycles. The van der Waals surface area contributed by atoms with Crippen molar-refractivity contribution in [1.29, 1.82) is 0 Å². The van der Waals surface area contributed by atoms with E-state index >= 15 is 0 Å². The summed E-state index contributed by atoms with van der Waals surface area (Å²) in [7, 11) is 1.58. The third-order valence-corrected chi connectivity index (χ3v) is 5.92. The molecule has 6 nitrogen and oxygen atoms in total. The molecule has 0 saturated carbocycles. The number of para-hydroxylation sites is 3. The summed E-state index contributed by atoms with van der Waals surface area (Å²) >= 11 is 0. The summed E-state index contributed by atoms with van der Waals surface area (Å²) in [4.78, 5) is 12.9. The maximum absolute atomic E-state index is 10.8. The molecule has 31 heavy (non-hydrogen) atoms. The Bertz CT molecular complexity index is 1150. The number of nitrogens with one attached hydrogen (secondary N) is 1. The number of aromatic hydroxyl groups is 1. The van der Waals surface area contributed by atoms with E-state index in [0.29, 0.717) is 12.3 Å². The zero-order chi connectivity index (χ0) is 21.2. The van der Waals surface area contributed by atoms with E-state index in [1.54, 1.807) is 7.11 Å². The molecule has 0 radical (unpaired) electrons. The van der Waals surface area contributed by atoms with E-state index in [9.17, 15) is 5.11 Å². The van der Waals surface area contributed by atoms with Crippen LogP contribution < -0.4 is 9.64 Å². The monoisotopic (exact) mass is 414 g/mol. The van der Waals surface area contributed by atoms with Gasteiger partial charge in [0.2, 0.25) is 0 Å². The van der Waals surface area contributed by atoms with Crippen molar-refractivity contribution in [2.24, 2.45) is 0 Å². The van der Waals surface area contributed by atoms with Crippen LogP contribution in [0.2, 0.25) is 0 Å². The first-order valence-electron chi connectivity index (χ1n) is 10.6. The molecule has 1 saturated heterocycles. The van der Waals surface area contributed by atoms with Crippen molar-refractivity contribution < 1.29 is 9.84 Å². The third kappa shape index (κ3) is 3.94. The van der Waals surface area contributed by atoms with Crippen molar-refractivity contribution in [2.75, 3.05) is 38.2 Å².